The van der Waals surface area contributed by atoms with Crippen LogP contribution in [0.15, 0.2) is 66.7 Å². The van der Waals surface area contributed by atoms with E-state index in [0.29, 0.717) is 36.2 Å². The molecule has 4 nitrogen and oxygen atoms in total. The molecule has 5 heteroatoms. The SMILES string of the molecule is COc1cc(CNC[C@@H](O)c2ccccc2)cc(Cl)c1OCc1ccc(C)cc1. The molecule has 0 aliphatic rings. The summed E-state index contributed by atoms with van der Waals surface area (Å²) in [6.07, 6.45) is -0.564. The van der Waals surface area contributed by atoms with E-state index in [1.165, 1.54) is 5.56 Å². The Bertz CT molecular complexity index is 913. The molecule has 152 valence electrons. The quantitative estimate of drug-likeness (QED) is 0.516. The summed E-state index contributed by atoms with van der Waals surface area (Å²) in [5.41, 5.74) is 4.11. The van der Waals surface area contributed by atoms with Crippen molar-refractivity contribution >= 4 is 11.6 Å². The first-order chi connectivity index (χ1) is 14.1. The number of ether oxygens (including phenoxy) is 2. The average Bonchev–Trinajstić information content (AvgIpc) is 2.74. The van der Waals surface area contributed by atoms with E-state index >= 15 is 0 Å². The van der Waals surface area contributed by atoms with Crippen LogP contribution in [0, 0.1) is 6.92 Å². The Labute approximate surface area is 177 Å². The number of aliphatic hydroxyl groups excluding tert-OH is 1. The summed E-state index contributed by atoms with van der Waals surface area (Å²) in [7, 11) is 1.60. The van der Waals surface area contributed by atoms with Crippen molar-refractivity contribution in [2.45, 2.75) is 26.2 Å². The highest BCUT2D eigenvalue weighted by Gasteiger charge is 2.13. The van der Waals surface area contributed by atoms with Gasteiger partial charge < -0.3 is 19.9 Å². The molecule has 1 atom stereocenters. The molecule has 0 amide bonds. The lowest BCUT2D eigenvalue weighted by atomic mass is 10.1. The summed E-state index contributed by atoms with van der Waals surface area (Å²) in [6.45, 7) is 3.46. The minimum atomic E-state index is -0.564. The van der Waals surface area contributed by atoms with Crippen LogP contribution in [0.3, 0.4) is 0 Å². The smallest absolute Gasteiger partial charge is 0.180 e. The maximum atomic E-state index is 10.3. The standard InChI is InChI=1S/C24H26ClNO3/c1-17-8-10-18(11-9-17)16-29-24-21(25)12-19(13-23(24)28-2)14-26-15-22(27)20-6-4-3-5-7-20/h3-13,22,26-27H,14-16H2,1-2H3/t22-/m1/s1. The van der Waals surface area contributed by atoms with Gasteiger partial charge in [-0.25, -0.2) is 0 Å². The molecular formula is C24H26ClNO3. The number of hydrogen-bond acceptors (Lipinski definition) is 4. The number of nitrogens with one attached hydrogen (secondary N) is 1. The molecule has 3 aromatic rings. The van der Waals surface area contributed by atoms with E-state index < -0.39 is 6.10 Å². The van der Waals surface area contributed by atoms with Gasteiger partial charge in [0.1, 0.15) is 6.61 Å². The third-order valence-electron chi connectivity index (χ3n) is 4.64. The molecule has 0 saturated heterocycles. The Morgan fingerprint density at radius 1 is 1.00 bits per heavy atom. The number of methoxy groups -OCH3 is 1. The largest absolute Gasteiger partial charge is 0.493 e. The summed E-state index contributed by atoms with van der Waals surface area (Å²) < 4.78 is 11.4. The lowest BCUT2D eigenvalue weighted by Gasteiger charge is -2.16. The molecule has 0 radical (unpaired) electrons. The zero-order valence-corrected chi connectivity index (χ0v) is 17.4. The Hall–Kier alpha value is -2.53. The van der Waals surface area contributed by atoms with Crippen molar-refractivity contribution in [1.82, 2.24) is 5.32 Å². The normalized spacial score (nSPS) is 11.9. The molecule has 3 rings (SSSR count). The van der Waals surface area contributed by atoms with Crippen LogP contribution in [-0.4, -0.2) is 18.8 Å². The molecule has 0 fully saturated rings. The van der Waals surface area contributed by atoms with Gasteiger partial charge >= 0.3 is 0 Å². The molecule has 2 N–H and O–H groups in total. The molecule has 0 aliphatic carbocycles. The van der Waals surface area contributed by atoms with Crippen molar-refractivity contribution in [1.29, 1.82) is 0 Å². The van der Waals surface area contributed by atoms with Crippen LogP contribution in [-0.2, 0) is 13.2 Å². The fraction of sp³-hybridized carbons (Fsp3) is 0.250. The monoisotopic (exact) mass is 411 g/mol. The zero-order valence-electron chi connectivity index (χ0n) is 16.7. The fourth-order valence-electron chi connectivity index (χ4n) is 3.00. The van der Waals surface area contributed by atoms with E-state index in [-0.39, 0.29) is 0 Å². The van der Waals surface area contributed by atoms with Gasteiger partial charge in [-0.1, -0.05) is 71.8 Å². The predicted molar refractivity (Wildman–Crippen MR) is 117 cm³/mol. The maximum absolute atomic E-state index is 10.3. The van der Waals surface area contributed by atoms with E-state index in [9.17, 15) is 5.11 Å². The highest BCUT2D eigenvalue weighted by Crippen LogP contribution is 2.37. The number of hydrogen-bond donors (Lipinski definition) is 2. The summed E-state index contributed by atoms with van der Waals surface area (Å²) in [4.78, 5) is 0. The van der Waals surface area contributed by atoms with Crippen LogP contribution in [0.1, 0.15) is 28.4 Å². The number of benzene rings is 3. The molecular weight excluding hydrogens is 386 g/mol. The first-order valence-corrected chi connectivity index (χ1v) is 9.93. The molecule has 3 aromatic carbocycles. The van der Waals surface area contributed by atoms with Crippen LogP contribution >= 0.6 is 11.6 Å². The zero-order chi connectivity index (χ0) is 20.6. The first kappa shape index (κ1) is 21.2. The third-order valence-corrected chi connectivity index (χ3v) is 4.92. The summed E-state index contributed by atoms with van der Waals surface area (Å²) in [5.74, 6) is 1.12. The van der Waals surface area contributed by atoms with E-state index in [1.807, 2.05) is 54.6 Å². The molecule has 0 aliphatic heterocycles. The van der Waals surface area contributed by atoms with Crippen molar-refractivity contribution in [2.24, 2.45) is 0 Å². The van der Waals surface area contributed by atoms with Gasteiger partial charge in [0.15, 0.2) is 11.5 Å². The van der Waals surface area contributed by atoms with Crippen molar-refractivity contribution < 1.29 is 14.6 Å². The molecule has 0 heterocycles. The van der Waals surface area contributed by atoms with Crippen molar-refractivity contribution in [3.8, 4) is 11.5 Å². The van der Waals surface area contributed by atoms with Crippen molar-refractivity contribution in [3.63, 3.8) is 0 Å². The van der Waals surface area contributed by atoms with E-state index in [0.717, 1.165) is 16.7 Å². The van der Waals surface area contributed by atoms with Crippen molar-refractivity contribution in [3.05, 3.63) is 94.0 Å². The number of aryl methyl sites for hydroxylation is 1. The number of rotatable bonds is 9. The van der Waals surface area contributed by atoms with Crippen LogP contribution < -0.4 is 14.8 Å². The van der Waals surface area contributed by atoms with Gasteiger partial charge in [0.25, 0.3) is 0 Å². The summed E-state index contributed by atoms with van der Waals surface area (Å²) in [6, 6.07) is 21.5. The van der Waals surface area contributed by atoms with E-state index in [2.05, 4.69) is 24.4 Å². The minimum absolute atomic E-state index is 0.414. The molecule has 0 unspecified atom stereocenters. The lowest BCUT2D eigenvalue weighted by molar-refractivity contribution is 0.174. The summed E-state index contributed by atoms with van der Waals surface area (Å²) >= 11 is 6.46. The van der Waals surface area contributed by atoms with Gasteiger partial charge in [0.2, 0.25) is 0 Å². The van der Waals surface area contributed by atoms with Gasteiger partial charge in [-0.15, -0.1) is 0 Å². The number of aliphatic hydroxyl groups is 1. The Kier molecular flexibility index (Phi) is 7.53. The second-order valence-corrected chi connectivity index (χ2v) is 7.35. The van der Waals surface area contributed by atoms with Gasteiger partial charge in [-0.2, -0.15) is 0 Å². The molecule has 0 bridgehead atoms. The predicted octanol–water partition coefficient (Wildman–Crippen LogP) is 5.06. The highest BCUT2D eigenvalue weighted by atomic mass is 35.5. The average molecular weight is 412 g/mol. The minimum Gasteiger partial charge on any atom is -0.493 e. The maximum Gasteiger partial charge on any atom is 0.180 e. The second-order valence-electron chi connectivity index (χ2n) is 6.94. The Morgan fingerprint density at radius 2 is 1.72 bits per heavy atom. The van der Waals surface area contributed by atoms with Crippen LogP contribution in [0.5, 0.6) is 11.5 Å². The van der Waals surface area contributed by atoms with Crippen LogP contribution in [0.4, 0.5) is 0 Å². The first-order valence-electron chi connectivity index (χ1n) is 9.55. The van der Waals surface area contributed by atoms with Gasteiger partial charge in [0.05, 0.1) is 18.2 Å². The molecule has 0 aromatic heterocycles. The second kappa shape index (κ2) is 10.3. The third kappa shape index (κ3) is 5.97. The Morgan fingerprint density at radius 3 is 2.41 bits per heavy atom. The molecule has 0 saturated carbocycles. The van der Waals surface area contributed by atoms with E-state index in [1.54, 1.807) is 7.11 Å². The summed E-state index contributed by atoms with van der Waals surface area (Å²) in [5, 5.41) is 14.0. The van der Waals surface area contributed by atoms with Crippen LogP contribution in [0.2, 0.25) is 5.02 Å². The van der Waals surface area contributed by atoms with Gasteiger partial charge in [-0.3, -0.25) is 0 Å². The van der Waals surface area contributed by atoms with Gasteiger partial charge in [-0.05, 0) is 35.7 Å². The van der Waals surface area contributed by atoms with Crippen LogP contribution in [0.25, 0.3) is 0 Å². The van der Waals surface area contributed by atoms with E-state index in [4.69, 9.17) is 21.1 Å². The topological polar surface area (TPSA) is 50.7 Å². The fourth-order valence-corrected chi connectivity index (χ4v) is 3.29. The van der Waals surface area contributed by atoms with Gasteiger partial charge in [0, 0.05) is 13.1 Å². The Balaban J connectivity index is 1.60. The number of halogens is 1. The molecule has 0 spiro atoms. The van der Waals surface area contributed by atoms with Crippen molar-refractivity contribution in [2.75, 3.05) is 13.7 Å². The highest BCUT2D eigenvalue weighted by molar-refractivity contribution is 6.32. The lowest BCUT2D eigenvalue weighted by Crippen LogP contribution is -2.21. The molecule has 29 heavy (non-hydrogen) atoms.